The van der Waals surface area contributed by atoms with Gasteiger partial charge in [0.05, 0.1) is 5.56 Å². The molecule has 3 heteroatoms. The highest BCUT2D eigenvalue weighted by Crippen LogP contribution is 2.48. The zero-order chi connectivity index (χ0) is 12.0. The molecule has 1 fully saturated rings. The van der Waals surface area contributed by atoms with Gasteiger partial charge in [0.25, 0.3) is 0 Å². The first-order valence-electron chi connectivity index (χ1n) is 6.20. The summed E-state index contributed by atoms with van der Waals surface area (Å²) in [4.78, 5) is 12.0. The zero-order valence-corrected chi connectivity index (χ0v) is 10.2. The Kier molecular flexibility index (Phi) is 2.26. The predicted octanol–water partition coefficient (Wildman–Crippen LogP) is 1.93. The molecule has 1 N–H and O–H groups in total. The van der Waals surface area contributed by atoms with E-state index in [1.54, 1.807) is 0 Å². The van der Waals surface area contributed by atoms with Crippen LogP contribution in [-0.4, -0.2) is 19.1 Å². The van der Waals surface area contributed by atoms with Crippen molar-refractivity contribution in [2.24, 2.45) is 11.8 Å². The second-order valence-corrected chi connectivity index (χ2v) is 5.19. The molecule has 1 saturated heterocycles. The van der Waals surface area contributed by atoms with Gasteiger partial charge in [-0.3, -0.25) is 0 Å². The Morgan fingerprint density at radius 3 is 2.59 bits per heavy atom. The summed E-state index contributed by atoms with van der Waals surface area (Å²) in [6, 6.07) is 7.80. The van der Waals surface area contributed by atoms with Crippen LogP contribution >= 0.6 is 0 Å². The molecule has 0 aromatic heterocycles. The highest BCUT2D eigenvalue weighted by atomic mass is 16.6. The van der Waals surface area contributed by atoms with Crippen LogP contribution in [0.3, 0.4) is 0 Å². The maximum absolute atomic E-state index is 12.0. The molecule has 0 saturated carbocycles. The van der Waals surface area contributed by atoms with Crippen LogP contribution in [0.1, 0.15) is 29.8 Å². The van der Waals surface area contributed by atoms with Gasteiger partial charge in [0.1, 0.15) is 5.60 Å². The van der Waals surface area contributed by atoms with E-state index in [0.29, 0.717) is 11.8 Å². The first kappa shape index (κ1) is 10.8. The molecule has 0 radical (unpaired) electrons. The Bertz CT molecular complexity index is 459. The monoisotopic (exact) mass is 231 g/mol. The summed E-state index contributed by atoms with van der Waals surface area (Å²) < 4.78 is 5.81. The van der Waals surface area contributed by atoms with Gasteiger partial charge in [-0.25, -0.2) is 4.79 Å². The van der Waals surface area contributed by atoms with E-state index in [9.17, 15) is 4.79 Å². The number of rotatable bonds is 0. The van der Waals surface area contributed by atoms with Gasteiger partial charge in [-0.1, -0.05) is 32.0 Å². The lowest BCUT2D eigenvalue weighted by atomic mass is 9.71. The number of piperidine rings is 1. The fourth-order valence-electron chi connectivity index (χ4n) is 3.30. The van der Waals surface area contributed by atoms with Gasteiger partial charge in [0, 0.05) is 30.5 Å². The van der Waals surface area contributed by atoms with Gasteiger partial charge in [0.15, 0.2) is 0 Å². The van der Waals surface area contributed by atoms with Gasteiger partial charge >= 0.3 is 5.97 Å². The van der Waals surface area contributed by atoms with Crippen LogP contribution in [0, 0.1) is 11.8 Å². The molecule has 90 valence electrons. The van der Waals surface area contributed by atoms with Crippen LogP contribution in [0.4, 0.5) is 0 Å². The number of fused-ring (bicyclic) bond motifs is 2. The number of nitrogens with one attached hydrogen (secondary N) is 1. The molecule has 1 spiro atoms. The topological polar surface area (TPSA) is 38.3 Å². The number of esters is 1. The second kappa shape index (κ2) is 3.57. The molecule has 2 aliphatic heterocycles. The molecule has 0 amide bonds. The van der Waals surface area contributed by atoms with Gasteiger partial charge in [0.2, 0.25) is 0 Å². The SMILES string of the molecule is C[C@@H]1CNC[C@H](C)[C@@]12OC(=O)c1ccccc12. The molecule has 0 unspecified atom stereocenters. The molecule has 2 aliphatic rings. The number of ether oxygens (including phenoxy) is 1. The average Bonchev–Trinajstić information content (AvgIpc) is 2.63. The Morgan fingerprint density at radius 2 is 1.88 bits per heavy atom. The van der Waals surface area contributed by atoms with Crippen molar-refractivity contribution in [3.63, 3.8) is 0 Å². The minimum absolute atomic E-state index is 0.166. The molecule has 1 aromatic carbocycles. The molecule has 1 aromatic rings. The lowest BCUT2D eigenvalue weighted by Crippen LogP contribution is -2.53. The van der Waals surface area contributed by atoms with E-state index in [0.717, 1.165) is 24.2 Å². The number of benzene rings is 1. The molecule has 0 bridgehead atoms. The quantitative estimate of drug-likeness (QED) is 0.693. The third-order valence-electron chi connectivity index (χ3n) is 4.19. The Hall–Kier alpha value is -1.35. The van der Waals surface area contributed by atoms with Crippen LogP contribution in [0.25, 0.3) is 0 Å². The number of carbonyl (C=O) groups excluding carboxylic acids is 1. The number of hydrogen-bond donors (Lipinski definition) is 1. The zero-order valence-electron chi connectivity index (χ0n) is 10.2. The number of hydrogen-bond acceptors (Lipinski definition) is 3. The van der Waals surface area contributed by atoms with E-state index in [4.69, 9.17) is 4.74 Å². The largest absolute Gasteiger partial charge is 0.450 e. The highest BCUT2D eigenvalue weighted by molar-refractivity contribution is 5.94. The summed E-state index contributed by atoms with van der Waals surface area (Å²) in [5.74, 6) is 0.443. The Morgan fingerprint density at radius 1 is 1.24 bits per heavy atom. The summed E-state index contributed by atoms with van der Waals surface area (Å²) in [5.41, 5.74) is 1.40. The van der Waals surface area contributed by atoms with E-state index in [2.05, 4.69) is 19.2 Å². The van der Waals surface area contributed by atoms with Crippen molar-refractivity contribution in [2.75, 3.05) is 13.1 Å². The average molecular weight is 231 g/mol. The standard InChI is InChI=1S/C14H17NO2/c1-9-7-15-8-10(2)14(9)12-6-4-3-5-11(12)13(16)17-14/h3-6,9-10,15H,7-8H2,1-2H3/t9-,10+,14+. The summed E-state index contributed by atoms with van der Waals surface area (Å²) >= 11 is 0. The Balaban J connectivity index is 2.18. The molecule has 3 nitrogen and oxygen atoms in total. The summed E-state index contributed by atoms with van der Waals surface area (Å²) in [6.07, 6.45) is 0. The van der Waals surface area contributed by atoms with E-state index < -0.39 is 5.60 Å². The van der Waals surface area contributed by atoms with E-state index in [1.165, 1.54) is 0 Å². The van der Waals surface area contributed by atoms with Gasteiger partial charge < -0.3 is 10.1 Å². The van der Waals surface area contributed by atoms with Crippen molar-refractivity contribution >= 4 is 5.97 Å². The van der Waals surface area contributed by atoms with Gasteiger partial charge in [-0.2, -0.15) is 0 Å². The summed E-state index contributed by atoms with van der Waals surface area (Å²) in [5, 5.41) is 3.39. The van der Waals surface area contributed by atoms with Gasteiger partial charge in [-0.15, -0.1) is 0 Å². The predicted molar refractivity (Wildman–Crippen MR) is 64.7 cm³/mol. The van der Waals surface area contributed by atoms with Crippen LogP contribution in [0.2, 0.25) is 0 Å². The van der Waals surface area contributed by atoms with Gasteiger partial charge in [-0.05, 0) is 6.07 Å². The normalized spacial score (nSPS) is 35.8. The summed E-state index contributed by atoms with van der Waals surface area (Å²) in [6.45, 7) is 6.09. The molecule has 0 aliphatic carbocycles. The second-order valence-electron chi connectivity index (χ2n) is 5.19. The van der Waals surface area contributed by atoms with Crippen molar-refractivity contribution in [2.45, 2.75) is 19.4 Å². The minimum Gasteiger partial charge on any atom is -0.450 e. The minimum atomic E-state index is -0.418. The van der Waals surface area contributed by atoms with Crippen molar-refractivity contribution in [3.05, 3.63) is 35.4 Å². The van der Waals surface area contributed by atoms with E-state index >= 15 is 0 Å². The highest BCUT2D eigenvalue weighted by Gasteiger charge is 2.54. The van der Waals surface area contributed by atoms with Crippen LogP contribution in [-0.2, 0) is 10.3 Å². The van der Waals surface area contributed by atoms with Crippen LogP contribution in [0.5, 0.6) is 0 Å². The fraction of sp³-hybridized carbons (Fsp3) is 0.500. The van der Waals surface area contributed by atoms with Crippen LogP contribution < -0.4 is 5.32 Å². The maximum atomic E-state index is 12.0. The molecule has 3 rings (SSSR count). The molecular weight excluding hydrogens is 214 g/mol. The van der Waals surface area contributed by atoms with Crippen LogP contribution in [0.15, 0.2) is 24.3 Å². The first-order chi connectivity index (χ1) is 8.16. The third kappa shape index (κ3) is 1.29. The molecule has 17 heavy (non-hydrogen) atoms. The fourth-order valence-corrected chi connectivity index (χ4v) is 3.30. The van der Waals surface area contributed by atoms with E-state index in [1.807, 2.05) is 24.3 Å². The van der Waals surface area contributed by atoms with Crippen molar-refractivity contribution < 1.29 is 9.53 Å². The lowest BCUT2D eigenvalue weighted by molar-refractivity contribution is -0.0853. The van der Waals surface area contributed by atoms with Crippen molar-refractivity contribution in [1.82, 2.24) is 5.32 Å². The first-order valence-corrected chi connectivity index (χ1v) is 6.20. The number of carbonyl (C=O) groups is 1. The molecule has 3 atom stereocenters. The molecular formula is C14H17NO2. The Labute approximate surface area is 101 Å². The molecule has 2 heterocycles. The van der Waals surface area contributed by atoms with Crippen molar-refractivity contribution in [1.29, 1.82) is 0 Å². The summed E-state index contributed by atoms with van der Waals surface area (Å²) in [7, 11) is 0. The van der Waals surface area contributed by atoms with Crippen molar-refractivity contribution in [3.8, 4) is 0 Å². The maximum Gasteiger partial charge on any atom is 0.339 e. The van der Waals surface area contributed by atoms with E-state index in [-0.39, 0.29) is 5.97 Å². The third-order valence-corrected chi connectivity index (χ3v) is 4.19. The smallest absolute Gasteiger partial charge is 0.339 e. The lowest BCUT2D eigenvalue weighted by Gasteiger charge is -2.44.